The third kappa shape index (κ3) is 6.98. The summed E-state index contributed by atoms with van der Waals surface area (Å²) in [4.78, 5) is 12.4. The van der Waals surface area contributed by atoms with E-state index >= 15 is 0 Å². The highest BCUT2D eigenvalue weighted by Crippen LogP contribution is 2.22. The molecule has 0 saturated heterocycles. The van der Waals surface area contributed by atoms with Gasteiger partial charge in [0.15, 0.2) is 0 Å². The zero-order valence-electron chi connectivity index (χ0n) is 17.1. The number of ether oxygens (including phenoxy) is 2. The third-order valence-electron chi connectivity index (χ3n) is 4.03. The zero-order chi connectivity index (χ0) is 21.3. The van der Waals surface area contributed by atoms with Crippen molar-refractivity contribution in [1.29, 1.82) is 0 Å². The Bertz CT molecular complexity index is 898. The van der Waals surface area contributed by atoms with Gasteiger partial charge in [-0.25, -0.2) is 8.42 Å². The van der Waals surface area contributed by atoms with Crippen LogP contribution in [-0.4, -0.2) is 40.3 Å². The monoisotopic (exact) mass is 420 g/mol. The van der Waals surface area contributed by atoms with E-state index in [0.29, 0.717) is 30.4 Å². The van der Waals surface area contributed by atoms with Crippen molar-refractivity contribution in [3.8, 4) is 11.5 Å². The summed E-state index contributed by atoms with van der Waals surface area (Å²) in [7, 11) is -3.64. The van der Waals surface area contributed by atoms with E-state index in [1.807, 2.05) is 38.1 Å². The van der Waals surface area contributed by atoms with E-state index in [-0.39, 0.29) is 13.1 Å². The van der Waals surface area contributed by atoms with Gasteiger partial charge in [0.05, 0.1) is 25.2 Å². The minimum atomic E-state index is -3.64. The molecular weight excluding hydrogens is 392 g/mol. The van der Waals surface area contributed by atoms with Crippen LogP contribution in [-0.2, 0) is 21.4 Å². The standard InChI is InChI=1S/C21H28N2O5S/c1-4-14-28-19-12-10-18(11-13-19)23(29(3,25)26)16-21(24)22-15-17-8-6-7-9-20(17)27-5-2/h6-13H,4-5,14-16H2,1-3H3,(H,22,24). The number of para-hydroxylation sites is 1. The lowest BCUT2D eigenvalue weighted by atomic mass is 10.2. The summed E-state index contributed by atoms with van der Waals surface area (Å²) < 4.78 is 36.6. The van der Waals surface area contributed by atoms with E-state index in [4.69, 9.17) is 9.47 Å². The highest BCUT2D eigenvalue weighted by atomic mass is 32.2. The lowest BCUT2D eigenvalue weighted by Gasteiger charge is -2.22. The average molecular weight is 421 g/mol. The van der Waals surface area contributed by atoms with Crippen molar-refractivity contribution in [1.82, 2.24) is 5.32 Å². The molecule has 2 rings (SSSR count). The SMILES string of the molecule is CCCOc1ccc(N(CC(=O)NCc2ccccc2OCC)S(C)(=O)=O)cc1. The van der Waals surface area contributed by atoms with E-state index in [0.717, 1.165) is 22.5 Å². The Kier molecular flexibility index (Phi) is 8.33. The number of nitrogens with zero attached hydrogens (tertiary/aromatic N) is 1. The first kappa shape index (κ1) is 22.5. The van der Waals surface area contributed by atoms with Crippen LogP contribution in [0.25, 0.3) is 0 Å². The first-order valence-electron chi connectivity index (χ1n) is 9.53. The molecule has 2 aromatic carbocycles. The number of carbonyl (C=O) groups excluding carboxylic acids is 1. The molecule has 158 valence electrons. The van der Waals surface area contributed by atoms with Crippen molar-refractivity contribution in [2.45, 2.75) is 26.8 Å². The van der Waals surface area contributed by atoms with Gasteiger partial charge in [0, 0.05) is 12.1 Å². The van der Waals surface area contributed by atoms with Crippen LogP contribution in [0.2, 0.25) is 0 Å². The van der Waals surface area contributed by atoms with Crippen LogP contribution in [0.4, 0.5) is 5.69 Å². The van der Waals surface area contributed by atoms with Gasteiger partial charge in [-0.15, -0.1) is 0 Å². The van der Waals surface area contributed by atoms with Gasteiger partial charge >= 0.3 is 0 Å². The van der Waals surface area contributed by atoms with Gasteiger partial charge < -0.3 is 14.8 Å². The number of amides is 1. The highest BCUT2D eigenvalue weighted by molar-refractivity contribution is 7.92. The van der Waals surface area contributed by atoms with Crippen LogP contribution in [0.15, 0.2) is 48.5 Å². The van der Waals surface area contributed by atoms with Gasteiger partial charge in [-0.3, -0.25) is 9.10 Å². The molecule has 0 bridgehead atoms. The molecule has 0 aliphatic rings. The second-order valence-corrected chi connectivity index (χ2v) is 8.34. The molecule has 0 heterocycles. The number of hydrogen-bond donors (Lipinski definition) is 1. The molecule has 8 heteroatoms. The number of rotatable bonds is 11. The summed E-state index contributed by atoms with van der Waals surface area (Å²) in [6.45, 7) is 4.93. The summed E-state index contributed by atoms with van der Waals surface area (Å²) in [6, 6.07) is 14.0. The van der Waals surface area contributed by atoms with E-state index in [2.05, 4.69) is 5.32 Å². The molecule has 0 aliphatic heterocycles. The highest BCUT2D eigenvalue weighted by Gasteiger charge is 2.21. The van der Waals surface area contributed by atoms with E-state index in [9.17, 15) is 13.2 Å². The third-order valence-corrected chi connectivity index (χ3v) is 5.17. The Labute approximate surface area is 172 Å². The maximum Gasteiger partial charge on any atom is 0.241 e. The van der Waals surface area contributed by atoms with Crippen molar-refractivity contribution >= 4 is 21.6 Å². The van der Waals surface area contributed by atoms with E-state index in [1.54, 1.807) is 24.3 Å². The maximum absolute atomic E-state index is 12.4. The number of carbonyl (C=O) groups is 1. The van der Waals surface area contributed by atoms with Crippen LogP contribution in [0.5, 0.6) is 11.5 Å². The number of anilines is 1. The molecule has 7 nitrogen and oxygen atoms in total. The molecule has 29 heavy (non-hydrogen) atoms. The summed E-state index contributed by atoms with van der Waals surface area (Å²) in [6.07, 6.45) is 1.95. The van der Waals surface area contributed by atoms with Gasteiger partial charge in [0.1, 0.15) is 18.0 Å². The fourth-order valence-electron chi connectivity index (χ4n) is 2.65. The van der Waals surface area contributed by atoms with Crippen molar-refractivity contribution in [3.05, 3.63) is 54.1 Å². The molecule has 0 aromatic heterocycles. The topological polar surface area (TPSA) is 84.9 Å². The van der Waals surface area contributed by atoms with Gasteiger partial charge in [-0.2, -0.15) is 0 Å². The van der Waals surface area contributed by atoms with Gasteiger partial charge in [-0.1, -0.05) is 25.1 Å². The number of sulfonamides is 1. The first-order chi connectivity index (χ1) is 13.8. The molecule has 0 saturated carbocycles. The lowest BCUT2D eigenvalue weighted by Crippen LogP contribution is -2.40. The largest absolute Gasteiger partial charge is 0.494 e. The molecule has 0 unspecified atom stereocenters. The molecule has 2 aromatic rings. The number of hydrogen-bond acceptors (Lipinski definition) is 5. The van der Waals surface area contributed by atoms with Gasteiger partial charge in [0.25, 0.3) is 0 Å². The molecule has 1 amide bonds. The first-order valence-corrected chi connectivity index (χ1v) is 11.4. The van der Waals surface area contributed by atoms with Gasteiger partial charge in [-0.05, 0) is 43.7 Å². The fourth-order valence-corrected chi connectivity index (χ4v) is 3.51. The molecule has 1 N–H and O–H groups in total. The Morgan fingerprint density at radius 2 is 1.72 bits per heavy atom. The van der Waals surface area contributed by atoms with Crippen LogP contribution >= 0.6 is 0 Å². The normalized spacial score (nSPS) is 11.0. The molecule has 0 atom stereocenters. The second kappa shape index (κ2) is 10.7. The summed E-state index contributed by atoms with van der Waals surface area (Å²) in [5, 5.41) is 2.76. The lowest BCUT2D eigenvalue weighted by molar-refractivity contribution is -0.119. The Morgan fingerprint density at radius 3 is 2.34 bits per heavy atom. The van der Waals surface area contributed by atoms with Crippen molar-refractivity contribution in [2.75, 3.05) is 30.3 Å². The second-order valence-electron chi connectivity index (χ2n) is 6.43. The average Bonchev–Trinajstić information content (AvgIpc) is 2.70. The number of nitrogens with one attached hydrogen (secondary N) is 1. The van der Waals surface area contributed by atoms with Gasteiger partial charge in [0.2, 0.25) is 15.9 Å². The van der Waals surface area contributed by atoms with Crippen molar-refractivity contribution in [2.24, 2.45) is 0 Å². The van der Waals surface area contributed by atoms with Crippen molar-refractivity contribution in [3.63, 3.8) is 0 Å². The van der Waals surface area contributed by atoms with E-state index < -0.39 is 15.9 Å². The predicted molar refractivity (Wildman–Crippen MR) is 114 cm³/mol. The zero-order valence-corrected chi connectivity index (χ0v) is 17.9. The fraction of sp³-hybridized carbons (Fsp3) is 0.381. The van der Waals surface area contributed by atoms with E-state index in [1.165, 1.54) is 0 Å². The Balaban J connectivity index is 2.06. The minimum Gasteiger partial charge on any atom is -0.494 e. The summed E-state index contributed by atoms with van der Waals surface area (Å²) >= 11 is 0. The Hall–Kier alpha value is -2.74. The molecule has 0 aliphatic carbocycles. The molecular formula is C21H28N2O5S. The van der Waals surface area contributed by atoms with Crippen LogP contribution in [0.1, 0.15) is 25.8 Å². The minimum absolute atomic E-state index is 0.246. The van der Waals surface area contributed by atoms with Crippen molar-refractivity contribution < 1.29 is 22.7 Å². The Morgan fingerprint density at radius 1 is 1.03 bits per heavy atom. The van der Waals surface area contributed by atoms with Crippen LogP contribution < -0.4 is 19.1 Å². The van der Waals surface area contributed by atoms with Crippen LogP contribution in [0.3, 0.4) is 0 Å². The smallest absolute Gasteiger partial charge is 0.241 e. The number of benzene rings is 2. The molecule has 0 fully saturated rings. The predicted octanol–water partition coefficient (Wildman–Crippen LogP) is 2.96. The summed E-state index contributed by atoms with van der Waals surface area (Å²) in [5.41, 5.74) is 1.23. The quantitative estimate of drug-likeness (QED) is 0.604. The van der Waals surface area contributed by atoms with Crippen LogP contribution in [0, 0.1) is 0 Å². The summed E-state index contributed by atoms with van der Waals surface area (Å²) in [5.74, 6) is 0.937. The molecule has 0 radical (unpaired) electrons. The maximum atomic E-state index is 12.4. The molecule has 0 spiro atoms.